The van der Waals surface area contributed by atoms with Crippen molar-refractivity contribution >= 4 is 38.7 Å². The van der Waals surface area contributed by atoms with Gasteiger partial charge in [-0.1, -0.05) is 30.3 Å². The summed E-state index contributed by atoms with van der Waals surface area (Å²) in [4.78, 5) is 22.5. The van der Waals surface area contributed by atoms with E-state index in [0.717, 1.165) is 11.3 Å². The molecule has 1 aromatic carbocycles. The second-order valence-corrected chi connectivity index (χ2v) is 5.59. The molecule has 0 spiro atoms. The molecule has 0 saturated heterocycles. The molecule has 0 aliphatic carbocycles. The van der Waals surface area contributed by atoms with Crippen LogP contribution in [0.5, 0.6) is 0 Å². The van der Waals surface area contributed by atoms with E-state index in [9.17, 15) is 14.9 Å². The third kappa shape index (κ3) is 2.42. The van der Waals surface area contributed by atoms with Gasteiger partial charge in [-0.05, 0) is 15.9 Å². The standard InChI is InChI=1S/C11H6BrNO3S/c12-11-8(13(15)16)6-9(17-11)10(14)7-4-2-1-3-5-7/h1-6H. The molecule has 4 nitrogen and oxygen atoms in total. The van der Waals surface area contributed by atoms with Gasteiger partial charge in [-0.2, -0.15) is 0 Å². The van der Waals surface area contributed by atoms with Gasteiger partial charge in [0.2, 0.25) is 5.78 Å². The van der Waals surface area contributed by atoms with Gasteiger partial charge in [-0.3, -0.25) is 14.9 Å². The minimum absolute atomic E-state index is 0.0747. The van der Waals surface area contributed by atoms with E-state index in [2.05, 4.69) is 15.9 Å². The largest absolute Gasteiger partial charge is 0.295 e. The molecule has 6 heteroatoms. The van der Waals surface area contributed by atoms with Crippen molar-refractivity contribution in [1.29, 1.82) is 0 Å². The topological polar surface area (TPSA) is 60.2 Å². The number of thiophene rings is 1. The Morgan fingerprint density at radius 2 is 1.94 bits per heavy atom. The fraction of sp³-hybridized carbons (Fsp3) is 0. The molecule has 0 fully saturated rings. The van der Waals surface area contributed by atoms with Crippen molar-refractivity contribution in [3.63, 3.8) is 0 Å². The Morgan fingerprint density at radius 3 is 2.47 bits per heavy atom. The molecule has 0 radical (unpaired) electrons. The van der Waals surface area contributed by atoms with Crippen LogP contribution in [0.4, 0.5) is 5.69 Å². The summed E-state index contributed by atoms with van der Waals surface area (Å²) >= 11 is 4.15. The van der Waals surface area contributed by atoms with Crippen molar-refractivity contribution in [3.8, 4) is 0 Å². The van der Waals surface area contributed by atoms with E-state index in [0.29, 0.717) is 14.2 Å². The maximum Gasteiger partial charge on any atom is 0.295 e. The summed E-state index contributed by atoms with van der Waals surface area (Å²) in [6.45, 7) is 0. The number of ketones is 1. The highest BCUT2D eigenvalue weighted by atomic mass is 79.9. The van der Waals surface area contributed by atoms with Crippen LogP contribution in [-0.2, 0) is 0 Å². The lowest BCUT2D eigenvalue weighted by atomic mass is 10.1. The highest BCUT2D eigenvalue weighted by molar-refractivity contribution is 9.11. The first-order valence-electron chi connectivity index (χ1n) is 4.63. The van der Waals surface area contributed by atoms with Crippen molar-refractivity contribution in [2.45, 2.75) is 0 Å². The Hall–Kier alpha value is -1.53. The van der Waals surface area contributed by atoms with Crippen LogP contribution in [0.15, 0.2) is 40.2 Å². The van der Waals surface area contributed by atoms with Gasteiger partial charge in [-0.25, -0.2) is 0 Å². The molecule has 0 saturated carbocycles. The molecule has 0 amide bonds. The first-order valence-corrected chi connectivity index (χ1v) is 6.24. The first kappa shape index (κ1) is 11.9. The summed E-state index contributed by atoms with van der Waals surface area (Å²) in [5, 5.41) is 10.7. The van der Waals surface area contributed by atoms with Crippen molar-refractivity contribution in [1.82, 2.24) is 0 Å². The van der Waals surface area contributed by atoms with Crippen molar-refractivity contribution in [2.75, 3.05) is 0 Å². The molecule has 1 aromatic heterocycles. The monoisotopic (exact) mass is 311 g/mol. The molecule has 0 aliphatic rings. The van der Waals surface area contributed by atoms with Crippen LogP contribution in [0, 0.1) is 10.1 Å². The van der Waals surface area contributed by atoms with E-state index in [4.69, 9.17) is 0 Å². The quantitative estimate of drug-likeness (QED) is 0.494. The Balaban J connectivity index is 2.39. The Kier molecular flexibility index (Phi) is 3.35. The number of rotatable bonds is 3. The molecular weight excluding hydrogens is 306 g/mol. The second kappa shape index (κ2) is 4.77. The zero-order valence-corrected chi connectivity index (χ0v) is 10.8. The van der Waals surface area contributed by atoms with Crippen LogP contribution >= 0.6 is 27.3 Å². The Morgan fingerprint density at radius 1 is 1.29 bits per heavy atom. The predicted molar refractivity (Wildman–Crippen MR) is 68.5 cm³/mol. The summed E-state index contributed by atoms with van der Waals surface area (Å²) in [5.74, 6) is -0.204. The molecule has 17 heavy (non-hydrogen) atoms. The summed E-state index contributed by atoms with van der Waals surface area (Å²) in [7, 11) is 0. The van der Waals surface area contributed by atoms with Crippen LogP contribution in [0.3, 0.4) is 0 Å². The molecule has 1 heterocycles. The van der Waals surface area contributed by atoms with Crippen molar-refractivity contribution in [2.24, 2.45) is 0 Å². The lowest BCUT2D eigenvalue weighted by Crippen LogP contribution is -1.97. The van der Waals surface area contributed by atoms with E-state index < -0.39 is 4.92 Å². The maximum absolute atomic E-state index is 12.0. The Bertz CT molecular complexity index is 580. The van der Waals surface area contributed by atoms with Crippen LogP contribution in [-0.4, -0.2) is 10.7 Å². The molecule has 0 bridgehead atoms. The molecule has 2 rings (SSSR count). The van der Waals surface area contributed by atoms with Crippen LogP contribution in [0.25, 0.3) is 0 Å². The van der Waals surface area contributed by atoms with Crippen molar-refractivity contribution < 1.29 is 9.72 Å². The van der Waals surface area contributed by atoms with Gasteiger partial charge in [0.1, 0.15) is 3.79 Å². The normalized spacial score (nSPS) is 10.2. The first-order chi connectivity index (χ1) is 8.09. The Labute approximate surface area is 109 Å². The average molecular weight is 312 g/mol. The van der Waals surface area contributed by atoms with Gasteiger partial charge >= 0.3 is 0 Å². The number of nitrogens with zero attached hydrogens (tertiary/aromatic N) is 1. The third-order valence-corrected chi connectivity index (χ3v) is 3.93. The summed E-state index contributed by atoms with van der Waals surface area (Å²) < 4.78 is 0.363. The minimum Gasteiger partial charge on any atom is -0.288 e. The zero-order valence-electron chi connectivity index (χ0n) is 8.42. The molecule has 0 atom stereocenters. The summed E-state index contributed by atoms with van der Waals surface area (Å²) in [5.41, 5.74) is 0.449. The summed E-state index contributed by atoms with van der Waals surface area (Å²) in [6.07, 6.45) is 0. The fourth-order valence-corrected chi connectivity index (χ4v) is 2.92. The number of nitro groups is 1. The zero-order chi connectivity index (χ0) is 12.4. The van der Waals surface area contributed by atoms with Gasteiger partial charge in [0.15, 0.2) is 0 Å². The highest BCUT2D eigenvalue weighted by Gasteiger charge is 2.21. The van der Waals surface area contributed by atoms with Gasteiger partial charge in [0.25, 0.3) is 5.69 Å². The number of carbonyl (C=O) groups excluding carboxylic acids is 1. The van der Waals surface area contributed by atoms with Crippen LogP contribution in [0.1, 0.15) is 15.2 Å². The smallest absolute Gasteiger partial charge is 0.288 e. The van der Waals surface area contributed by atoms with E-state index in [1.807, 2.05) is 6.07 Å². The average Bonchev–Trinajstić information content (AvgIpc) is 2.71. The third-order valence-electron chi connectivity index (χ3n) is 2.13. The molecule has 0 aliphatic heterocycles. The molecule has 0 unspecified atom stereocenters. The molecule has 0 N–H and O–H groups in total. The van der Waals surface area contributed by atoms with E-state index in [-0.39, 0.29) is 11.5 Å². The maximum atomic E-state index is 12.0. The molecule has 86 valence electrons. The SMILES string of the molecule is O=C(c1ccccc1)c1cc([N+](=O)[O-])c(Br)s1. The highest BCUT2D eigenvalue weighted by Crippen LogP contribution is 2.35. The van der Waals surface area contributed by atoms with Gasteiger partial charge in [-0.15, -0.1) is 11.3 Å². The van der Waals surface area contributed by atoms with Gasteiger partial charge in [0, 0.05) is 11.6 Å². The van der Waals surface area contributed by atoms with E-state index in [1.165, 1.54) is 6.07 Å². The van der Waals surface area contributed by atoms with E-state index >= 15 is 0 Å². The van der Waals surface area contributed by atoms with Crippen LogP contribution in [0.2, 0.25) is 0 Å². The number of hydrogen-bond acceptors (Lipinski definition) is 4. The fourth-order valence-electron chi connectivity index (χ4n) is 1.33. The van der Waals surface area contributed by atoms with E-state index in [1.54, 1.807) is 24.3 Å². The van der Waals surface area contributed by atoms with Crippen molar-refractivity contribution in [3.05, 3.63) is 60.7 Å². The minimum atomic E-state index is -0.512. The molecule has 2 aromatic rings. The summed E-state index contributed by atoms with van der Waals surface area (Å²) in [6, 6.07) is 9.98. The lowest BCUT2D eigenvalue weighted by molar-refractivity contribution is -0.385. The number of benzene rings is 1. The van der Waals surface area contributed by atoms with Crippen LogP contribution < -0.4 is 0 Å². The molecular formula is C11H6BrNO3S. The lowest BCUT2D eigenvalue weighted by Gasteiger charge is -1.95. The second-order valence-electron chi connectivity index (χ2n) is 3.22. The number of hydrogen-bond donors (Lipinski definition) is 0. The van der Waals surface area contributed by atoms with Gasteiger partial charge < -0.3 is 0 Å². The number of halogens is 1. The van der Waals surface area contributed by atoms with Gasteiger partial charge in [0.05, 0.1) is 9.80 Å². The predicted octanol–water partition coefficient (Wildman–Crippen LogP) is 3.65. The number of carbonyl (C=O) groups is 1.